The van der Waals surface area contributed by atoms with E-state index in [1.54, 1.807) is 45.4 Å². The van der Waals surface area contributed by atoms with Gasteiger partial charge in [-0.2, -0.15) is 0 Å². The Morgan fingerprint density at radius 1 is 1.45 bits per heavy atom. The van der Waals surface area contributed by atoms with E-state index in [9.17, 15) is 4.79 Å². The lowest BCUT2D eigenvalue weighted by molar-refractivity contribution is 0.0681. The Morgan fingerprint density at radius 3 is 2.75 bits per heavy atom. The van der Waals surface area contributed by atoms with Gasteiger partial charge in [0.1, 0.15) is 5.69 Å². The number of aryl methyl sites for hydroxylation is 1. The first-order valence-electron chi connectivity index (χ1n) is 6.44. The van der Waals surface area contributed by atoms with Gasteiger partial charge in [-0.1, -0.05) is 0 Å². The van der Waals surface area contributed by atoms with Gasteiger partial charge in [-0.3, -0.25) is 4.79 Å². The molecule has 106 valence electrons. The second kappa shape index (κ2) is 5.88. The van der Waals surface area contributed by atoms with Gasteiger partial charge in [0.05, 0.1) is 30.2 Å². The van der Waals surface area contributed by atoms with Crippen LogP contribution in [0.5, 0.6) is 0 Å². The van der Waals surface area contributed by atoms with Crippen LogP contribution in [-0.2, 0) is 0 Å². The van der Waals surface area contributed by atoms with Crippen LogP contribution in [0.25, 0.3) is 11.5 Å². The molecule has 1 amide bonds. The molecule has 5 nitrogen and oxygen atoms in total. The third kappa shape index (κ3) is 2.72. The van der Waals surface area contributed by atoms with Crippen LogP contribution in [-0.4, -0.2) is 40.6 Å². The third-order valence-electron chi connectivity index (χ3n) is 3.34. The van der Waals surface area contributed by atoms with Crippen LogP contribution < -0.4 is 0 Å². The Balaban J connectivity index is 2.28. The van der Waals surface area contributed by atoms with Crippen molar-refractivity contribution in [2.24, 2.45) is 0 Å². The molecule has 0 spiro atoms. The highest BCUT2D eigenvalue weighted by Crippen LogP contribution is 2.20. The Hall–Kier alpha value is -2.14. The molecule has 2 heterocycles. The zero-order valence-electron chi connectivity index (χ0n) is 11.8. The van der Waals surface area contributed by atoms with Crippen LogP contribution in [0.15, 0.2) is 34.9 Å². The minimum Gasteiger partial charge on any atom is -0.463 e. The van der Waals surface area contributed by atoms with Crippen molar-refractivity contribution in [2.75, 3.05) is 13.7 Å². The smallest absolute Gasteiger partial charge is 0.255 e. The predicted molar refractivity (Wildman–Crippen MR) is 75.3 cm³/mol. The van der Waals surface area contributed by atoms with Gasteiger partial charge in [-0.15, -0.1) is 0 Å². The minimum absolute atomic E-state index is 0.0702. The van der Waals surface area contributed by atoms with Gasteiger partial charge in [-0.05, 0) is 38.1 Å². The van der Waals surface area contributed by atoms with Crippen molar-refractivity contribution >= 4 is 5.91 Å². The summed E-state index contributed by atoms with van der Waals surface area (Å²) in [7, 11) is 1.67. The molecule has 0 bridgehead atoms. The van der Waals surface area contributed by atoms with Crippen molar-refractivity contribution in [3.63, 3.8) is 0 Å². The van der Waals surface area contributed by atoms with E-state index in [0.717, 1.165) is 0 Å². The second-order valence-corrected chi connectivity index (χ2v) is 4.75. The fourth-order valence-corrected chi connectivity index (χ4v) is 1.86. The lowest BCUT2D eigenvalue weighted by Gasteiger charge is -2.23. The number of furan rings is 1. The number of carbonyl (C=O) groups is 1. The van der Waals surface area contributed by atoms with Crippen LogP contribution >= 0.6 is 0 Å². The second-order valence-electron chi connectivity index (χ2n) is 4.75. The first-order chi connectivity index (χ1) is 9.54. The lowest BCUT2D eigenvalue weighted by Crippen LogP contribution is -2.37. The summed E-state index contributed by atoms with van der Waals surface area (Å²) in [6.07, 6.45) is 1.59. The molecule has 0 radical (unpaired) electrons. The number of amides is 1. The number of rotatable bonds is 4. The molecule has 1 atom stereocenters. The summed E-state index contributed by atoms with van der Waals surface area (Å²) in [5, 5.41) is 9.12. The van der Waals surface area contributed by atoms with Crippen molar-refractivity contribution in [3.05, 3.63) is 41.8 Å². The average Bonchev–Trinajstić information content (AvgIpc) is 2.99. The van der Waals surface area contributed by atoms with Crippen LogP contribution in [0.1, 0.15) is 23.0 Å². The molecule has 0 aromatic carbocycles. The Morgan fingerprint density at radius 2 is 2.20 bits per heavy atom. The number of carbonyl (C=O) groups excluding carboxylic acids is 1. The number of aliphatic hydroxyl groups excluding tert-OH is 1. The first-order valence-corrected chi connectivity index (χ1v) is 6.44. The molecule has 0 saturated heterocycles. The first kappa shape index (κ1) is 14.3. The predicted octanol–water partition coefficient (Wildman–Crippen LogP) is 2.10. The summed E-state index contributed by atoms with van der Waals surface area (Å²) < 4.78 is 5.29. The largest absolute Gasteiger partial charge is 0.463 e. The number of pyridine rings is 1. The van der Waals surface area contributed by atoms with Gasteiger partial charge in [0.15, 0.2) is 5.76 Å². The van der Waals surface area contributed by atoms with Crippen LogP contribution in [0.2, 0.25) is 0 Å². The van der Waals surface area contributed by atoms with Crippen LogP contribution in [0.4, 0.5) is 0 Å². The van der Waals surface area contributed by atoms with Crippen molar-refractivity contribution in [1.82, 2.24) is 9.88 Å². The van der Waals surface area contributed by atoms with Gasteiger partial charge in [0.2, 0.25) is 0 Å². The number of likely N-dealkylation sites (N-methyl/N-ethyl adjacent to an activating group) is 1. The maximum absolute atomic E-state index is 12.3. The van der Waals surface area contributed by atoms with E-state index >= 15 is 0 Å². The molecule has 2 rings (SSSR count). The molecule has 2 aromatic heterocycles. The standard InChI is InChI=1S/C15H18N2O3/c1-10(9-18)17(3)15(19)12-6-7-13(16-11(12)2)14-5-4-8-20-14/h4-8,10,18H,9H2,1-3H3. The number of aliphatic hydroxyl groups is 1. The number of hydrogen-bond acceptors (Lipinski definition) is 4. The summed E-state index contributed by atoms with van der Waals surface area (Å²) in [5.74, 6) is 0.520. The van der Waals surface area contributed by atoms with Gasteiger partial charge < -0.3 is 14.4 Å². The molecule has 20 heavy (non-hydrogen) atoms. The highest BCUT2D eigenvalue weighted by Gasteiger charge is 2.19. The zero-order valence-corrected chi connectivity index (χ0v) is 11.8. The molecular weight excluding hydrogens is 256 g/mol. The summed E-state index contributed by atoms with van der Waals surface area (Å²) >= 11 is 0. The zero-order chi connectivity index (χ0) is 14.7. The molecule has 0 aliphatic rings. The highest BCUT2D eigenvalue weighted by molar-refractivity contribution is 5.95. The molecule has 0 saturated carbocycles. The highest BCUT2D eigenvalue weighted by atomic mass is 16.3. The summed E-state index contributed by atoms with van der Waals surface area (Å²) in [6.45, 7) is 3.51. The van der Waals surface area contributed by atoms with Gasteiger partial charge in [0.25, 0.3) is 5.91 Å². The molecular formula is C15H18N2O3. The van der Waals surface area contributed by atoms with Crippen LogP contribution in [0, 0.1) is 6.92 Å². The normalized spacial score (nSPS) is 12.2. The molecule has 1 N–H and O–H groups in total. The van der Waals surface area contributed by atoms with Gasteiger partial charge >= 0.3 is 0 Å². The third-order valence-corrected chi connectivity index (χ3v) is 3.34. The van der Waals surface area contributed by atoms with E-state index in [1.165, 1.54) is 4.90 Å². The fourth-order valence-electron chi connectivity index (χ4n) is 1.86. The average molecular weight is 274 g/mol. The lowest BCUT2D eigenvalue weighted by atomic mass is 10.1. The number of nitrogens with zero attached hydrogens (tertiary/aromatic N) is 2. The van der Waals surface area contributed by atoms with E-state index in [2.05, 4.69) is 4.98 Å². The minimum atomic E-state index is -0.230. The maximum Gasteiger partial charge on any atom is 0.255 e. The molecule has 5 heteroatoms. The maximum atomic E-state index is 12.3. The number of hydrogen-bond donors (Lipinski definition) is 1. The van der Waals surface area contributed by atoms with Crippen molar-refractivity contribution in [1.29, 1.82) is 0 Å². The monoisotopic (exact) mass is 274 g/mol. The molecule has 1 unspecified atom stereocenters. The Bertz CT molecular complexity index is 593. The molecule has 2 aromatic rings. The quantitative estimate of drug-likeness (QED) is 0.927. The molecule has 0 fully saturated rings. The van der Waals surface area contributed by atoms with Crippen molar-refractivity contribution < 1.29 is 14.3 Å². The summed E-state index contributed by atoms with van der Waals surface area (Å²) in [4.78, 5) is 18.2. The van der Waals surface area contributed by atoms with Gasteiger partial charge in [0, 0.05) is 7.05 Å². The summed E-state index contributed by atoms with van der Waals surface area (Å²) in [5.41, 5.74) is 1.87. The van der Waals surface area contributed by atoms with Crippen LogP contribution in [0.3, 0.4) is 0 Å². The van der Waals surface area contributed by atoms with Crippen molar-refractivity contribution in [2.45, 2.75) is 19.9 Å². The Labute approximate surface area is 117 Å². The SMILES string of the molecule is Cc1nc(-c2ccco2)ccc1C(=O)N(C)C(C)CO. The number of aromatic nitrogens is 1. The topological polar surface area (TPSA) is 66.6 Å². The van der Waals surface area contributed by atoms with Gasteiger partial charge in [-0.25, -0.2) is 4.98 Å². The van der Waals surface area contributed by atoms with E-state index in [0.29, 0.717) is 22.7 Å². The van der Waals surface area contributed by atoms with E-state index < -0.39 is 0 Å². The van der Waals surface area contributed by atoms with Crippen molar-refractivity contribution in [3.8, 4) is 11.5 Å². The molecule has 0 aliphatic heterocycles. The van der Waals surface area contributed by atoms with E-state index in [4.69, 9.17) is 9.52 Å². The van der Waals surface area contributed by atoms with E-state index in [-0.39, 0.29) is 18.6 Å². The fraction of sp³-hybridized carbons (Fsp3) is 0.333. The Kier molecular flexibility index (Phi) is 4.20. The van der Waals surface area contributed by atoms with E-state index in [1.807, 2.05) is 6.07 Å². The molecule has 0 aliphatic carbocycles. The summed E-state index contributed by atoms with van der Waals surface area (Å²) in [6, 6.07) is 6.89.